The van der Waals surface area contributed by atoms with Crippen LogP contribution < -0.4 is 10.2 Å². The molecule has 0 spiro atoms. The minimum absolute atomic E-state index is 0.0471. The van der Waals surface area contributed by atoms with Crippen LogP contribution in [0.25, 0.3) is 0 Å². The molecule has 1 aliphatic rings. The molecule has 2 rings (SSSR count). The molecule has 0 amide bonds. The molecule has 0 aliphatic carbocycles. The number of nitro benzene ring substituents is 1. The molecule has 0 radical (unpaired) electrons. The second-order valence-electron chi connectivity index (χ2n) is 5.12. The van der Waals surface area contributed by atoms with E-state index in [0.29, 0.717) is 18.8 Å². The number of halogens is 1. The summed E-state index contributed by atoms with van der Waals surface area (Å²) in [6.07, 6.45) is 0. The van der Waals surface area contributed by atoms with Gasteiger partial charge in [-0.25, -0.2) is 4.39 Å². The van der Waals surface area contributed by atoms with Crippen LogP contribution in [0.2, 0.25) is 0 Å². The zero-order chi connectivity index (χ0) is 13.3. The molecule has 1 aromatic carbocycles. The van der Waals surface area contributed by atoms with Gasteiger partial charge in [0.1, 0.15) is 11.5 Å². The predicted octanol–water partition coefficient (Wildman–Crippen LogP) is 1.92. The van der Waals surface area contributed by atoms with Crippen molar-refractivity contribution in [1.29, 1.82) is 0 Å². The Balaban J connectivity index is 2.37. The smallest absolute Gasteiger partial charge is 0.292 e. The number of piperazine rings is 1. The molecule has 1 aromatic rings. The van der Waals surface area contributed by atoms with E-state index in [0.717, 1.165) is 12.6 Å². The maximum absolute atomic E-state index is 13.3. The van der Waals surface area contributed by atoms with Crippen LogP contribution in [0.3, 0.4) is 0 Å². The van der Waals surface area contributed by atoms with Crippen molar-refractivity contribution in [2.45, 2.75) is 19.4 Å². The van der Waals surface area contributed by atoms with Crippen LogP contribution in [0.1, 0.15) is 13.8 Å². The van der Waals surface area contributed by atoms with Gasteiger partial charge >= 0.3 is 0 Å². The molecule has 5 nitrogen and oxygen atoms in total. The highest BCUT2D eigenvalue weighted by Gasteiger charge is 2.29. The molecule has 6 heteroatoms. The van der Waals surface area contributed by atoms with Crippen molar-refractivity contribution >= 4 is 11.4 Å². The zero-order valence-corrected chi connectivity index (χ0v) is 10.4. The third-order valence-corrected chi connectivity index (χ3v) is 3.05. The summed E-state index contributed by atoms with van der Waals surface area (Å²) in [6, 6.07) is 3.58. The van der Waals surface area contributed by atoms with Gasteiger partial charge in [0.05, 0.1) is 4.92 Å². The summed E-state index contributed by atoms with van der Waals surface area (Å²) in [5.74, 6) is -0.452. The van der Waals surface area contributed by atoms with Crippen LogP contribution in [-0.2, 0) is 0 Å². The lowest BCUT2D eigenvalue weighted by molar-refractivity contribution is -0.384. The molecule has 1 heterocycles. The first-order chi connectivity index (χ1) is 8.39. The molecule has 1 saturated heterocycles. The highest BCUT2D eigenvalue weighted by atomic mass is 19.1. The molecule has 18 heavy (non-hydrogen) atoms. The average Bonchev–Trinajstić information content (AvgIpc) is 2.27. The van der Waals surface area contributed by atoms with Crippen LogP contribution in [0.4, 0.5) is 15.8 Å². The predicted molar refractivity (Wildman–Crippen MR) is 67.3 cm³/mol. The molecule has 0 atom stereocenters. The number of hydrogen-bond acceptors (Lipinski definition) is 4. The SMILES string of the molecule is CC1(C)CN(c2cc(F)ccc2[N+](=O)[O-])CCN1. The Labute approximate surface area is 105 Å². The van der Waals surface area contributed by atoms with Gasteiger partial charge in [-0.3, -0.25) is 10.1 Å². The summed E-state index contributed by atoms with van der Waals surface area (Å²) in [6.45, 7) is 6.00. The normalized spacial score (nSPS) is 18.7. The fourth-order valence-corrected chi connectivity index (χ4v) is 2.25. The minimum Gasteiger partial charge on any atom is -0.363 e. The van der Waals surface area contributed by atoms with E-state index in [4.69, 9.17) is 0 Å². The lowest BCUT2D eigenvalue weighted by atomic mass is 10.0. The van der Waals surface area contributed by atoms with Crippen molar-refractivity contribution in [2.24, 2.45) is 0 Å². The van der Waals surface area contributed by atoms with Crippen LogP contribution in [-0.4, -0.2) is 30.1 Å². The van der Waals surface area contributed by atoms with Crippen LogP contribution in [0.5, 0.6) is 0 Å². The largest absolute Gasteiger partial charge is 0.363 e. The Hall–Kier alpha value is -1.69. The van der Waals surface area contributed by atoms with Gasteiger partial charge in [0.2, 0.25) is 0 Å². The number of hydrogen-bond donors (Lipinski definition) is 1. The van der Waals surface area contributed by atoms with Crippen LogP contribution >= 0.6 is 0 Å². The lowest BCUT2D eigenvalue weighted by Crippen LogP contribution is -2.57. The maximum atomic E-state index is 13.3. The van der Waals surface area contributed by atoms with Gasteiger partial charge in [-0.1, -0.05) is 0 Å². The van der Waals surface area contributed by atoms with E-state index in [1.807, 2.05) is 18.7 Å². The standard InChI is InChI=1S/C12H16FN3O2/c1-12(2)8-15(6-5-14-12)11-7-9(13)3-4-10(11)16(17)18/h3-4,7,14H,5-6,8H2,1-2H3. The molecule has 1 fully saturated rings. The van der Waals surface area contributed by atoms with Gasteiger partial charge in [0.15, 0.2) is 0 Å². The Morgan fingerprint density at radius 1 is 1.50 bits per heavy atom. The molecule has 0 bridgehead atoms. The van der Waals surface area contributed by atoms with Gasteiger partial charge in [0.25, 0.3) is 5.69 Å². The van der Waals surface area contributed by atoms with E-state index in [1.54, 1.807) is 0 Å². The van der Waals surface area contributed by atoms with E-state index >= 15 is 0 Å². The molecule has 98 valence electrons. The number of nitrogens with zero attached hydrogens (tertiary/aromatic N) is 2. The van der Waals surface area contributed by atoms with Crippen molar-refractivity contribution in [3.05, 3.63) is 34.1 Å². The maximum Gasteiger partial charge on any atom is 0.292 e. The summed E-state index contributed by atoms with van der Waals surface area (Å²) < 4.78 is 13.3. The number of rotatable bonds is 2. The highest BCUT2D eigenvalue weighted by Crippen LogP contribution is 2.30. The van der Waals surface area contributed by atoms with Gasteiger partial charge in [-0.15, -0.1) is 0 Å². The van der Waals surface area contributed by atoms with Crippen molar-refractivity contribution in [3.8, 4) is 0 Å². The number of nitrogens with one attached hydrogen (secondary N) is 1. The molecular formula is C12H16FN3O2. The summed E-state index contributed by atoms with van der Waals surface area (Å²) in [4.78, 5) is 12.4. The van der Waals surface area contributed by atoms with Crippen molar-refractivity contribution < 1.29 is 9.31 Å². The molecular weight excluding hydrogens is 237 g/mol. The highest BCUT2D eigenvalue weighted by molar-refractivity contribution is 5.63. The lowest BCUT2D eigenvalue weighted by Gasteiger charge is -2.40. The van der Waals surface area contributed by atoms with E-state index in [9.17, 15) is 14.5 Å². The zero-order valence-electron chi connectivity index (χ0n) is 10.4. The van der Waals surface area contributed by atoms with Gasteiger partial charge in [-0.05, 0) is 19.9 Å². The summed E-state index contributed by atoms with van der Waals surface area (Å²) in [5.41, 5.74) is 0.169. The summed E-state index contributed by atoms with van der Waals surface area (Å²) in [7, 11) is 0. The Morgan fingerprint density at radius 3 is 2.83 bits per heavy atom. The molecule has 0 unspecified atom stereocenters. The van der Waals surface area contributed by atoms with E-state index in [-0.39, 0.29) is 11.2 Å². The number of anilines is 1. The Kier molecular flexibility index (Phi) is 3.21. The number of nitro groups is 1. The fourth-order valence-electron chi connectivity index (χ4n) is 2.25. The van der Waals surface area contributed by atoms with Crippen molar-refractivity contribution in [2.75, 3.05) is 24.5 Å². The Bertz CT molecular complexity index is 476. The first-order valence-corrected chi connectivity index (χ1v) is 5.83. The summed E-state index contributed by atoms with van der Waals surface area (Å²) in [5, 5.41) is 14.3. The van der Waals surface area contributed by atoms with E-state index in [1.165, 1.54) is 12.1 Å². The summed E-state index contributed by atoms with van der Waals surface area (Å²) >= 11 is 0. The second-order valence-corrected chi connectivity index (χ2v) is 5.12. The molecule has 0 aromatic heterocycles. The Morgan fingerprint density at radius 2 is 2.22 bits per heavy atom. The van der Waals surface area contributed by atoms with Gasteiger partial charge < -0.3 is 10.2 Å². The third kappa shape index (κ3) is 2.59. The minimum atomic E-state index is -0.468. The second kappa shape index (κ2) is 4.53. The van der Waals surface area contributed by atoms with Crippen LogP contribution in [0, 0.1) is 15.9 Å². The topological polar surface area (TPSA) is 58.4 Å². The molecule has 0 saturated carbocycles. The van der Waals surface area contributed by atoms with E-state index < -0.39 is 10.7 Å². The fraction of sp³-hybridized carbons (Fsp3) is 0.500. The van der Waals surface area contributed by atoms with Crippen molar-refractivity contribution in [1.82, 2.24) is 5.32 Å². The quantitative estimate of drug-likeness (QED) is 0.646. The third-order valence-electron chi connectivity index (χ3n) is 3.05. The monoisotopic (exact) mass is 253 g/mol. The number of benzene rings is 1. The van der Waals surface area contributed by atoms with Crippen molar-refractivity contribution in [3.63, 3.8) is 0 Å². The van der Waals surface area contributed by atoms with Gasteiger partial charge in [0, 0.05) is 37.3 Å². The first-order valence-electron chi connectivity index (χ1n) is 5.83. The van der Waals surface area contributed by atoms with E-state index in [2.05, 4.69) is 5.32 Å². The average molecular weight is 253 g/mol. The van der Waals surface area contributed by atoms with Gasteiger partial charge in [-0.2, -0.15) is 0 Å². The molecule has 1 N–H and O–H groups in total. The first kappa shape index (κ1) is 12.8. The molecule has 1 aliphatic heterocycles. The van der Waals surface area contributed by atoms with Crippen LogP contribution in [0.15, 0.2) is 18.2 Å².